The Labute approximate surface area is 277 Å². The highest BCUT2D eigenvalue weighted by Gasteiger charge is 2.26. The Morgan fingerprint density at radius 2 is 0.979 bits per heavy atom. The lowest BCUT2D eigenvalue weighted by molar-refractivity contribution is 0.477. The number of benzene rings is 7. The van der Waals surface area contributed by atoms with E-state index in [1.165, 1.54) is 38.3 Å². The minimum Gasteiger partial charge on any atom is -0.453 e. The van der Waals surface area contributed by atoms with Gasteiger partial charge in [0, 0.05) is 33.2 Å². The maximum Gasteiger partial charge on any atom is 0.151 e. The van der Waals surface area contributed by atoms with Crippen LogP contribution < -0.4 is 9.64 Å². The van der Waals surface area contributed by atoms with Crippen LogP contribution in [0.25, 0.3) is 55.3 Å². The van der Waals surface area contributed by atoms with Crippen molar-refractivity contribution in [2.24, 2.45) is 0 Å². The van der Waals surface area contributed by atoms with E-state index in [9.17, 15) is 0 Å². The Hall–Kier alpha value is -6.52. The van der Waals surface area contributed by atoms with Crippen LogP contribution in [0.5, 0.6) is 11.5 Å². The van der Waals surface area contributed by atoms with Crippen LogP contribution in [0.4, 0.5) is 17.1 Å². The molecule has 0 aliphatic carbocycles. The maximum atomic E-state index is 6.33. The van der Waals surface area contributed by atoms with Crippen LogP contribution in [0.15, 0.2) is 176 Å². The van der Waals surface area contributed by atoms with Crippen molar-refractivity contribution in [1.82, 2.24) is 9.13 Å². The molecule has 226 valence electrons. The van der Waals surface area contributed by atoms with Crippen LogP contribution in [0.1, 0.15) is 0 Å². The molecule has 0 radical (unpaired) electrons. The van der Waals surface area contributed by atoms with Gasteiger partial charge in [-0.05, 0) is 78.4 Å². The number of hydrogen-bond donors (Lipinski definition) is 0. The lowest BCUT2D eigenvalue weighted by Gasteiger charge is -2.33. The fraction of sp³-hybridized carbons (Fsp3) is 0. The van der Waals surface area contributed by atoms with Gasteiger partial charge in [-0.3, -0.25) is 0 Å². The van der Waals surface area contributed by atoms with Gasteiger partial charge >= 0.3 is 0 Å². The molecule has 48 heavy (non-hydrogen) atoms. The van der Waals surface area contributed by atoms with Crippen LogP contribution in [0, 0.1) is 0 Å². The van der Waals surface area contributed by atoms with Gasteiger partial charge in [0.05, 0.1) is 33.6 Å². The molecular formula is C44H29N3O. The van der Waals surface area contributed by atoms with Crippen molar-refractivity contribution in [2.45, 2.75) is 0 Å². The molecule has 0 spiro atoms. The summed E-state index contributed by atoms with van der Waals surface area (Å²) in [5.41, 5.74) is 11.2. The largest absolute Gasteiger partial charge is 0.453 e. The van der Waals surface area contributed by atoms with Gasteiger partial charge in [0.2, 0.25) is 0 Å². The molecule has 0 atom stereocenters. The van der Waals surface area contributed by atoms with Crippen molar-refractivity contribution in [3.05, 3.63) is 176 Å². The van der Waals surface area contributed by atoms with E-state index < -0.39 is 0 Å². The molecule has 0 amide bonds. The van der Waals surface area contributed by atoms with E-state index in [2.05, 4.69) is 166 Å². The monoisotopic (exact) mass is 615 g/mol. The molecule has 4 heteroatoms. The quantitative estimate of drug-likeness (QED) is 0.197. The summed E-state index contributed by atoms with van der Waals surface area (Å²) in [6.07, 6.45) is 0. The molecule has 0 fully saturated rings. The van der Waals surface area contributed by atoms with Gasteiger partial charge in [-0.2, -0.15) is 0 Å². The minimum absolute atomic E-state index is 0.843. The number of fused-ring (bicyclic) bond motifs is 7. The first-order valence-corrected chi connectivity index (χ1v) is 16.3. The maximum absolute atomic E-state index is 6.33. The Morgan fingerprint density at radius 1 is 0.375 bits per heavy atom. The molecule has 1 aliphatic rings. The van der Waals surface area contributed by atoms with E-state index in [1.807, 2.05) is 24.3 Å². The Kier molecular flexibility index (Phi) is 5.84. The van der Waals surface area contributed by atoms with E-state index in [-0.39, 0.29) is 0 Å². The van der Waals surface area contributed by atoms with E-state index in [4.69, 9.17) is 4.74 Å². The summed E-state index contributed by atoms with van der Waals surface area (Å²) in [4.78, 5) is 2.31. The lowest BCUT2D eigenvalue weighted by atomic mass is 10.1. The number of ether oxygens (including phenoxy) is 1. The van der Waals surface area contributed by atoms with Crippen molar-refractivity contribution in [3.63, 3.8) is 0 Å². The van der Waals surface area contributed by atoms with Crippen molar-refractivity contribution >= 4 is 49.8 Å². The third-order valence-corrected chi connectivity index (χ3v) is 9.48. The average molecular weight is 616 g/mol. The second kappa shape index (κ2) is 10.5. The summed E-state index contributed by atoms with van der Waals surface area (Å²) in [6.45, 7) is 0. The number of anilines is 3. The smallest absolute Gasteiger partial charge is 0.151 e. The highest BCUT2D eigenvalue weighted by Crippen LogP contribution is 2.50. The van der Waals surface area contributed by atoms with Crippen LogP contribution in [0.2, 0.25) is 0 Å². The van der Waals surface area contributed by atoms with E-state index in [0.717, 1.165) is 45.6 Å². The molecule has 1 aliphatic heterocycles. The molecule has 0 saturated heterocycles. The number of para-hydroxylation sites is 6. The summed E-state index contributed by atoms with van der Waals surface area (Å²) in [5.74, 6) is 1.69. The third kappa shape index (κ3) is 3.96. The minimum atomic E-state index is 0.843. The van der Waals surface area contributed by atoms with Crippen molar-refractivity contribution < 1.29 is 4.74 Å². The second-order valence-electron chi connectivity index (χ2n) is 12.2. The molecule has 0 bridgehead atoms. The van der Waals surface area contributed by atoms with Gasteiger partial charge in [0.25, 0.3) is 0 Å². The summed E-state index contributed by atoms with van der Waals surface area (Å²) in [7, 11) is 0. The number of nitrogens with zero attached hydrogens (tertiary/aromatic N) is 3. The normalized spacial score (nSPS) is 12.3. The SMILES string of the molecule is c1ccc(-c2cc3c(ccc4c5ccccc5n(-c5cccc(N6c7ccccc7Oc7ccccc76)c5)c43)n2-c2ccccc2)cc1. The van der Waals surface area contributed by atoms with Crippen molar-refractivity contribution in [2.75, 3.05) is 4.90 Å². The zero-order valence-corrected chi connectivity index (χ0v) is 26.0. The van der Waals surface area contributed by atoms with Gasteiger partial charge in [-0.25, -0.2) is 0 Å². The van der Waals surface area contributed by atoms with Gasteiger partial charge in [-0.15, -0.1) is 0 Å². The van der Waals surface area contributed by atoms with Crippen LogP contribution in [0.3, 0.4) is 0 Å². The van der Waals surface area contributed by atoms with Gasteiger partial charge < -0.3 is 18.8 Å². The Morgan fingerprint density at radius 3 is 1.75 bits per heavy atom. The van der Waals surface area contributed by atoms with Crippen LogP contribution >= 0.6 is 0 Å². The highest BCUT2D eigenvalue weighted by atomic mass is 16.5. The first-order chi connectivity index (χ1) is 23.8. The van der Waals surface area contributed by atoms with Crippen molar-refractivity contribution in [3.8, 4) is 34.1 Å². The standard InChI is InChI=1S/C44H29N3O/c1-3-14-30(15-4-1)41-29-36-38(45(41)31-16-5-2-6-17-31)27-26-35-34-20-7-8-21-37(34)47(44(35)36)33-19-13-18-32(28-33)46-39-22-9-11-24-42(39)48-43-25-12-10-23-40(43)46/h1-29H. The lowest BCUT2D eigenvalue weighted by Crippen LogP contribution is -2.15. The van der Waals surface area contributed by atoms with Crippen molar-refractivity contribution in [1.29, 1.82) is 0 Å². The molecule has 3 heterocycles. The zero-order valence-electron chi connectivity index (χ0n) is 26.0. The molecule has 4 nitrogen and oxygen atoms in total. The van der Waals surface area contributed by atoms with Crippen LogP contribution in [-0.4, -0.2) is 9.13 Å². The predicted molar refractivity (Wildman–Crippen MR) is 198 cm³/mol. The molecule has 0 unspecified atom stereocenters. The van der Waals surface area contributed by atoms with E-state index in [1.54, 1.807) is 0 Å². The zero-order chi connectivity index (χ0) is 31.6. The molecule has 0 saturated carbocycles. The highest BCUT2D eigenvalue weighted by molar-refractivity contribution is 6.19. The second-order valence-corrected chi connectivity index (χ2v) is 12.2. The molecule has 2 aromatic heterocycles. The Balaban J connectivity index is 1.27. The molecule has 7 aromatic carbocycles. The number of rotatable bonds is 4. The van der Waals surface area contributed by atoms with Crippen LogP contribution in [-0.2, 0) is 0 Å². The van der Waals surface area contributed by atoms with Gasteiger partial charge in [0.1, 0.15) is 0 Å². The topological polar surface area (TPSA) is 22.3 Å². The fourth-order valence-electron chi connectivity index (χ4n) is 7.44. The third-order valence-electron chi connectivity index (χ3n) is 9.48. The number of aromatic nitrogens is 2. The fourth-order valence-corrected chi connectivity index (χ4v) is 7.44. The summed E-state index contributed by atoms with van der Waals surface area (Å²) < 4.78 is 11.2. The summed E-state index contributed by atoms with van der Waals surface area (Å²) in [5, 5.41) is 3.67. The van der Waals surface area contributed by atoms with E-state index >= 15 is 0 Å². The van der Waals surface area contributed by atoms with E-state index in [0.29, 0.717) is 0 Å². The predicted octanol–water partition coefficient (Wildman–Crippen LogP) is 12.0. The first-order valence-electron chi connectivity index (χ1n) is 16.3. The first kappa shape index (κ1) is 26.7. The molecular weight excluding hydrogens is 587 g/mol. The molecule has 9 aromatic rings. The number of hydrogen-bond acceptors (Lipinski definition) is 2. The summed E-state index contributed by atoms with van der Waals surface area (Å²) >= 11 is 0. The molecule has 0 N–H and O–H groups in total. The van der Waals surface area contributed by atoms with Gasteiger partial charge in [-0.1, -0.05) is 103 Å². The van der Waals surface area contributed by atoms with Gasteiger partial charge in [0.15, 0.2) is 11.5 Å². The molecule has 10 rings (SSSR count). The Bertz CT molecular complexity index is 2610. The summed E-state index contributed by atoms with van der Waals surface area (Å²) in [6, 6.07) is 62.4. The average Bonchev–Trinajstić information content (AvgIpc) is 3.71.